The van der Waals surface area contributed by atoms with E-state index in [1.165, 1.54) is 32.1 Å². The third-order valence-corrected chi connectivity index (χ3v) is 3.03. The standard InChI is InChI=1S/C14H20N2O2/c1-2-3-4-5-6-9-15-11-7-8-13-12(10-11)16-14(17)18-13/h7-8,10,15H,2-6,9H2,1H3,(H,16,17). The second-order valence-corrected chi connectivity index (χ2v) is 4.57. The van der Waals surface area contributed by atoms with Crippen molar-refractivity contribution < 1.29 is 4.42 Å². The molecule has 1 heterocycles. The van der Waals surface area contributed by atoms with E-state index in [2.05, 4.69) is 17.2 Å². The fraction of sp³-hybridized carbons (Fsp3) is 0.500. The van der Waals surface area contributed by atoms with Gasteiger partial charge in [-0.2, -0.15) is 0 Å². The van der Waals surface area contributed by atoms with Gasteiger partial charge >= 0.3 is 5.76 Å². The number of oxazole rings is 1. The van der Waals surface area contributed by atoms with Crippen LogP contribution in [-0.2, 0) is 0 Å². The number of hydrogen-bond acceptors (Lipinski definition) is 3. The topological polar surface area (TPSA) is 58.0 Å². The maximum Gasteiger partial charge on any atom is 0.417 e. The third-order valence-electron chi connectivity index (χ3n) is 3.03. The molecule has 0 atom stereocenters. The molecule has 2 rings (SSSR count). The Labute approximate surface area is 106 Å². The molecule has 0 fully saturated rings. The van der Waals surface area contributed by atoms with E-state index < -0.39 is 5.76 Å². The summed E-state index contributed by atoms with van der Waals surface area (Å²) in [4.78, 5) is 13.7. The smallest absolute Gasteiger partial charge is 0.408 e. The minimum absolute atomic E-state index is 0.401. The van der Waals surface area contributed by atoms with Crippen LogP contribution in [0, 0.1) is 0 Å². The van der Waals surface area contributed by atoms with Gasteiger partial charge in [-0.25, -0.2) is 4.79 Å². The lowest BCUT2D eigenvalue weighted by molar-refractivity contribution is 0.555. The summed E-state index contributed by atoms with van der Waals surface area (Å²) < 4.78 is 4.95. The Hall–Kier alpha value is -1.71. The number of hydrogen-bond donors (Lipinski definition) is 2. The van der Waals surface area contributed by atoms with Crippen LogP contribution in [0.25, 0.3) is 11.1 Å². The van der Waals surface area contributed by atoms with E-state index in [0.29, 0.717) is 5.58 Å². The first-order valence-electron chi connectivity index (χ1n) is 6.66. The Morgan fingerprint density at radius 3 is 2.89 bits per heavy atom. The zero-order valence-electron chi connectivity index (χ0n) is 10.8. The number of aromatic amines is 1. The molecule has 18 heavy (non-hydrogen) atoms. The van der Waals surface area contributed by atoms with E-state index in [4.69, 9.17) is 4.42 Å². The van der Waals surface area contributed by atoms with Crippen LogP contribution < -0.4 is 11.1 Å². The summed E-state index contributed by atoms with van der Waals surface area (Å²) in [7, 11) is 0. The van der Waals surface area contributed by atoms with Crippen LogP contribution in [-0.4, -0.2) is 11.5 Å². The van der Waals surface area contributed by atoms with Gasteiger partial charge in [0.05, 0.1) is 5.52 Å². The Balaban J connectivity index is 1.82. The summed E-state index contributed by atoms with van der Waals surface area (Å²) in [6, 6.07) is 5.66. The van der Waals surface area contributed by atoms with Crippen LogP contribution in [0.5, 0.6) is 0 Å². The molecule has 0 aliphatic carbocycles. The molecule has 0 aliphatic rings. The van der Waals surface area contributed by atoms with Crippen molar-refractivity contribution in [3.8, 4) is 0 Å². The van der Waals surface area contributed by atoms with E-state index in [-0.39, 0.29) is 0 Å². The molecule has 98 valence electrons. The van der Waals surface area contributed by atoms with Crippen molar-refractivity contribution in [1.82, 2.24) is 4.98 Å². The SMILES string of the molecule is CCCCCCCNc1ccc2oc(=O)[nH]c2c1. The van der Waals surface area contributed by atoms with Gasteiger partial charge in [0.1, 0.15) is 0 Å². The largest absolute Gasteiger partial charge is 0.417 e. The first-order valence-corrected chi connectivity index (χ1v) is 6.66. The Kier molecular flexibility index (Phi) is 4.45. The van der Waals surface area contributed by atoms with Crippen molar-refractivity contribution in [2.24, 2.45) is 0 Å². The first-order chi connectivity index (χ1) is 8.79. The molecule has 0 bridgehead atoms. The second kappa shape index (κ2) is 6.28. The number of aromatic nitrogens is 1. The molecule has 1 aromatic carbocycles. The molecule has 0 spiro atoms. The van der Waals surface area contributed by atoms with Crippen LogP contribution in [0.1, 0.15) is 39.0 Å². The summed E-state index contributed by atoms with van der Waals surface area (Å²) in [6.45, 7) is 3.19. The van der Waals surface area contributed by atoms with Crippen LogP contribution in [0.2, 0.25) is 0 Å². The molecular weight excluding hydrogens is 228 g/mol. The molecule has 1 aromatic heterocycles. The minimum atomic E-state index is -0.401. The van der Waals surface area contributed by atoms with E-state index in [9.17, 15) is 4.79 Å². The summed E-state index contributed by atoms with van der Waals surface area (Å²) in [5.74, 6) is -0.401. The number of anilines is 1. The van der Waals surface area contributed by atoms with Gasteiger partial charge in [-0.1, -0.05) is 32.6 Å². The highest BCUT2D eigenvalue weighted by Crippen LogP contribution is 2.16. The summed E-state index contributed by atoms with van der Waals surface area (Å²) in [5, 5.41) is 3.36. The third kappa shape index (κ3) is 3.39. The van der Waals surface area contributed by atoms with Gasteiger partial charge in [-0.05, 0) is 24.6 Å². The summed E-state index contributed by atoms with van der Waals surface area (Å²) in [5.41, 5.74) is 2.37. The average Bonchev–Trinajstić information content (AvgIpc) is 2.73. The minimum Gasteiger partial charge on any atom is -0.408 e. The molecule has 0 aliphatic heterocycles. The molecule has 4 nitrogen and oxygen atoms in total. The number of fused-ring (bicyclic) bond motifs is 1. The number of H-pyrrole nitrogens is 1. The number of rotatable bonds is 7. The normalized spacial score (nSPS) is 10.9. The molecule has 0 saturated heterocycles. The van der Waals surface area contributed by atoms with Crippen molar-refractivity contribution in [2.75, 3.05) is 11.9 Å². The van der Waals surface area contributed by atoms with Gasteiger partial charge in [-0.3, -0.25) is 4.98 Å². The number of benzene rings is 1. The zero-order chi connectivity index (χ0) is 12.8. The predicted molar refractivity (Wildman–Crippen MR) is 74.1 cm³/mol. The highest BCUT2D eigenvalue weighted by Gasteiger charge is 2.01. The van der Waals surface area contributed by atoms with Gasteiger partial charge < -0.3 is 9.73 Å². The van der Waals surface area contributed by atoms with Crippen molar-refractivity contribution in [1.29, 1.82) is 0 Å². The van der Waals surface area contributed by atoms with Crippen molar-refractivity contribution in [3.63, 3.8) is 0 Å². The van der Waals surface area contributed by atoms with Gasteiger partial charge in [0.15, 0.2) is 5.58 Å². The number of unbranched alkanes of at least 4 members (excludes halogenated alkanes) is 4. The quantitative estimate of drug-likeness (QED) is 0.737. The fourth-order valence-corrected chi connectivity index (χ4v) is 2.02. The van der Waals surface area contributed by atoms with E-state index >= 15 is 0 Å². The molecule has 4 heteroatoms. The zero-order valence-corrected chi connectivity index (χ0v) is 10.8. The second-order valence-electron chi connectivity index (χ2n) is 4.57. The van der Waals surface area contributed by atoms with E-state index in [0.717, 1.165) is 17.7 Å². The maximum atomic E-state index is 11.0. The first kappa shape index (κ1) is 12.7. The maximum absolute atomic E-state index is 11.0. The predicted octanol–water partition coefficient (Wildman–Crippen LogP) is 3.50. The fourth-order valence-electron chi connectivity index (χ4n) is 2.02. The summed E-state index contributed by atoms with van der Waals surface area (Å²) in [6.07, 6.45) is 6.36. The lowest BCUT2D eigenvalue weighted by atomic mass is 10.1. The molecule has 2 N–H and O–H groups in total. The Morgan fingerprint density at radius 1 is 1.22 bits per heavy atom. The van der Waals surface area contributed by atoms with Crippen molar-refractivity contribution >= 4 is 16.8 Å². The van der Waals surface area contributed by atoms with Crippen LogP contribution >= 0.6 is 0 Å². The molecule has 2 aromatic rings. The van der Waals surface area contributed by atoms with E-state index in [1.54, 1.807) is 0 Å². The van der Waals surface area contributed by atoms with Crippen LogP contribution in [0.4, 0.5) is 5.69 Å². The summed E-state index contributed by atoms with van der Waals surface area (Å²) >= 11 is 0. The van der Waals surface area contributed by atoms with E-state index in [1.807, 2.05) is 18.2 Å². The monoisotopic (exact) mass is 248 g/mol. The van der Waals surface area contributed by atoms with Crippen LogP contribution in [0.15, 0.2) is 27.4 Å². The lowest BCUT2D eigenvalue weighted by Gasteiger charge is -2.05. The molecular formula is C14H20N2O2. The highest BCUT2D eigenvalue weighted by molar-refractivity contribution is 5.76. The average molecular weight is 248 g/mol. The highest BCUT2D eigenvalue weighted by atomic mass is 16.4. The Bertz CT molecular complexity index is 542. The van der Waals surface area contributed by atoms with Crippen LogP contribution in [0.3, 0.4) is 0 Å². The van der Waals surface area contributed by atoms with Gasteiger partial charge in [-0.15, -0.1) is 0 Å². The van der Waals surface area contributed by atoms with Crippen molar-refractivity contribution in [3.05, 3.63) is 28.7 Å². The number of nitrogens with one attached hydrogen (secondary N) is 2. The van der Waals surface area contributed by atoms with Gasteiger partial charge in [0.2, 0.25) is 0 Å². The van der Waals surface area contributed by atoms with Crippen molar-refractivity contribution in [2.45, 2.75) is 39.0 Å². The van der Waals surface area contributed by atoms with Gasteiger partial charge in [0.25, 0.3) is 0 Å². The van der Waals surface area contributed by atoms with Gasteiger partial charge in [0, 0.05) is 12.2 Å². The Morgan fingerprint density at radius 2 is 2.06 bits per heavy atom. The molecule has 0 amide bonds. The molecule has 0 radical (unpaired) electrons. The molecule has 0 unspecified atom stereocenters. The lowest BCUT2D eigenvalue weighted by Crippen LogP contribution is -2.01. The molecule has 0 saturated carbocycles.